The van der Waals surface area contributed by atoms with Crippen molar-refractivity contribution in [2.45, 2.75) is 0 Å². The zero-order valence-corrected chi connectivity index (χ0v) is 7.62. The number of hydroxylamine groups is 1. The fourth-order valence-electron chi connectivity index (χ4n) is 1.35. The SMILES string of the molecule is ON(CCl)c1cccc2cc[nH]c12. The molecule has 2 N–H and O–H groups in total. The minimum Gasteiger partial charge on any atom is -0.359 e. The van der Waals surface area contributed by atoms with Gasteiger partial charge in [-0.05, 0) is 12.1 Å². The van der Waals surface area contributed by atoms with Gasteiger partial charge in [-0.3, -0.25) is 5.21 Å². The molecule has 0 saturated carbocycles. The summed E-state index contributed by atoms with van der Waals surface area (Å²) in [5.41, 5.74) is 1.59. The number of rotatable bonds is 2. The van der Waals surface area contributed by atoms with Crippen LogP contribution in [-0.4, -0.2) is 16.2 Å². The predicted octanol–water partition coefficient (Wildman–Crippen LogP) is 2.56. The Bertz CT molecular complexity index is 413. The molecule has 0 saturated heterocycles. The van der Waals surface area contributed by atoms with Crippen molar-refractivity contribution in [2.24, 2.45) is 0 Å². The molecule has 3 nitrogen and oxygen atoms in total. The normalized spacial score (nSPS) is 10.6. The number of aromatic amines is 1. The van der Waals surface area contributed by atoms with Gasteiger partial charge in [-0.25, -0.2) is 5.06 Å². The van der Waals surface area contributed by atoms with E-state index >= 15 is 0 Å². The van der Waals surface area contributed by atoms with Gasteiger partial charge in [0.2, 0.25) is 0 Å². The van der Waals surface area contributed by atoms with Crippen molar-refractivity contribution in [1.82, 2.24) is 4.98 Å². The number of benzene rings is 1. The Labute approximate surface area is 80.5 Å². The van der Waals surface area contributed by atoms with Crippen LogP contribution in [0, 0.1) is 0 Å². The summed E-state index contributed by atoms with van der Waals surface area (Å²) in [6.07, 6.45) is 1.83. The molecule has 0 amide bonds. The first-order valence-electron chi connectivity index (χ1n) is 3.91. The Morgan fingerprint density at radius 3 is 3.00 bits per heavy atom. The third-order valence-electron chi connectivity index (χ3n) is 1.96. The van der Waals surface area contributed by atoms with E-state index in [2.05, 4.69) is 4.98 Å². The lowest BCUT2D eigenvalue weighted by Gasteiger charge is -2.13. The Kier molecular flexibility index (Phi) is 2.12. The lowest BCUT2D eigenvalue weighted by atomic mass is 10.2. The molecule has 0 bridgehead atoms. The number of nitrogens with one attached hydrogen (secondary N) is 1. The van der Waals surface area contributed by atoms with Crippen molar-refractivity contribution in [1.29, 1.82) is 0 Å². The quantitative estimate of drug-likeness (QED) is 0.440. The molecule has 2 rings (SSSR count). The van der Waals surface area contributed by atoms with E-state index in [1.807, 2.05) is 24.4 Å². The average Bonchev–Trinajstić information content (AvgIpc) is 2.63. The number of H-pyrrole nitrogens is 1. The number of halogens is 1. The van der Waals surface area contributed by atoms with E-state index in [-0.39, 0.29) is 6.00 Å². The highest BCUT2D eigenvalue weighted by molar-refractivity contribution is 6.19. The molecule has 68 valence electrons. The number of hydrogen-bond acceptors (Lipinski definition) is 2. The standard InChI is InChI=1S/C9H9ClN2O/c10-6-12(13)8-3-1-2-7-4-5-11-9(7)8/h1-5,11,13H,6H2. The van der Waals surface area contributed by atoms with E-state index in [1.165, 1.54) is 0 Å². The molecule has 0 fully saturated rings. The van der Waals surface area contributed by atoms with Crippen molar-refractivity contribution in [2.75, 3.05) is 11.1 Å². The molecule has 0 atom stereocenters. The van der Waals surface area contributed by atoms with Crippen LogP contribution < -0.4 is 5.06 Å². The second-order valence-corrected chi connectivity index (χ2v) is 2.98. The molecule has 0 aliphatic rings. The monoisotopic (exact) mass is 196 g/mol. The van der Waals surface area contributed by atoms with Crippen molar-refractivity contribution in [3.05, 3.63) is 30.5 Å². The Morgan fingerprint density at radius 2 is 2.23 bits per heavy atom. The average molecular weight is 197 g/mol. The van der Waals surface area contributed by atoms with Gasteiger partial charge in [-0.15, -0.1) is 11.6 Å². The van der Waals surface area contributed by atoms with Gasteiger partial charge in [0, 0.05) is 11.6 Å². The summed E-state index contributed by atoms with van der Waals surface area (Å²) in [6.45, 7) is 0. The van der Waals surface area contributed by atoms with Crippen molar-refractivity contribution < 1.29 is 5.21 Å². The number of alkyl halides is 1. The molecule has 4 heteroatoms. The number of fused-ring (bicyclic) bond motifs is 1. The topological polar surface area (TPSA) is 39.3 Å². The van der Waals surface area contributed by atoms with Crippen LogP contribution in [0.25, 0.3) is 10.9 Å². The smallest absolute Gasteiger partial charge is 0.119 e. The van der Waals surface area contributed by atoms with E-state index in [1.54, 1.807) is 6.07 Å². The van der Waals surface area contributed by atoms with Crippen LogP contribution in [0.5, 0.6) is 0 Å². The third-order valence-corrected chi connectivity index (χ3v) is 2.18. The van der Waals surface area contributed by atoms with Crippen molar-refractivity contribution in [3.8, 4) is 0 Å². The van der Waals surface area contributed by atoms with Gasteiger partial charge < -0.3 is 4.98 Å². The molecule has 1 heterocycles. The minimum absolute atomic E-state index is 0.0537. The summed E-state index contributed by atoms with van der Waals surface area (Å²) in [7, 11) is 0. The molecule has 13 heavy (non-hydrogen) atoms. The van der Waals surface area contributed by atoms with Crippen molar-refractivity contribution >= 4 is 28.2 Å². The van der Waals surface area contributed by atoms with Crippen LogP contribution in [0.2, 0.25) is 0 Å². The fraction of sp³-hybridized carbons (Fsp3) is 0.111. The lowest BCUT2D eigenvalue weighted by molar-refractivity contribution is 0.273. The summed E-state index contributed by atoms with van der Waals surface area (Å²) in [4.78, 5) is 3.04. The summed E-state index contributed by atoms with van der Waals surface area (Å²) in [5, 5.41) is 11.5. The molecule has 0 spiro atoms. The summed E-state index contributed by atoms with van der Waals surface area (Å²) >= 11 is 5.52. The van der Waals surface area contributed by atoms with Crippen LogP contribution in [0.4, 0.5) is 5.69 Å². The van der Waals surface area contributed by atoms with Gasteiger partial charge in [0.25, 0.3) is 0 Å². The van der Waals surface area contributed by atoms with Gasteiger partial charge in [-0.2, -0.15) is 0 Å². The number of para-hydroxylation sites is 1. The summed E-state index contributed by atoms with van der Waals surface area (Å²) in [5.74, 6) is 0. The lowest BCUT2D eigenvalue weighted by Crippen LogP contribution is -2.15. The van der Waals surface area contributed by atoms with Gasteiger partial charge in [0.05, 0.1) is 11.2 Å². The molecule has 2 aromatic rings. The summed E-state index contributed by atoms with van der Waals surface area (Å²) in [6, 6.07) is 7.65. The molecule has 0 radical (unpaired) electrons. The summed E-state index contributed by atoms with van der Waals surface area (Å²) < 4.78 is 0. The van der Waals surface area contributed by atoms with Crippen molar-refractivity contribution in [3.63, 3.8) is 0 Å². The van der Waals surface area contributed by atoms with E-state index in [9.17, 15) is 5.21 Å². The fourth-order valence-corrected chi connectivity index (χ4v) is 1.48. The molecule has 1 aromatic carbocycles. The Morgan fingerprint density at radius 1 is 1.38 bits per heavy atom. The first-order chi connectivity index (χ1) is 6.33. The first kappa shape index (κ1) is 8.41. The largest absolute Gasteiger partial charge is 0.359 e. The van der Waals surface area contributed by atoms with Crippen LogP contribution >= 0.6 is 11.6 Å². The van der Waals surface area contributed by atoms with Gasteiger partial charge in [0.1, 0.15) is 6.00 Å². The number of hydrogen-bond donors (Lipinski definition) is 2. The second-order valence-electron chi connectivity index (χ2n) is 2.74. The van der Waals surface area contributed by atoms with Crippen LogP contribution in [0.15, 0.2) is 30.5 Å². The maximum Gasteiger partial charge on any atom is 0.119 e. The number of nitrogens with zero attached hydrogens (tertiary/aromatic N) is 1. The third kappa shape index (κ3) is 1.36. The van der Waals surface area contributed by atoms with Crippen LogP contribution in [-0.2, 0) is 0 Å². The van der Waals surface area contributed by atoms with Gasteiger partial charge in [0.15, 0.2) is 0 Å². The minimum atomic E-state index is 0.0537. The predicted molar refractivity (Wildman–Crippen MR) is 53.3 cm³/mol. The molecule has 0 aliphatic heterocycles. The van der Waals surface area contributed by atoms with Crippen LogP contribution in [0.3, 0.4) is 0 Å². The van der Waals surface area contributed by atoms with Gasteiger partial charge in [-0.1, -0.05) is 12.1 Å². The maximum absolute atomic E-state index is 9.43. The highest BCUT2D eigenvalue weighted by Gasteiger charge is 2.06. The zero-order valence-electron chi connectivity index (χ0n) is 6.87. The number of anilines is 1. The van der Waals surface area contributed by atoms with Gasteiger partial charge >= 0.3 is 0 Å². The molecule has 1 aromatic heterocycles. The molecular weight excluding hydrogens is 188 g/mol. The van der Waals surface area contributed by atoms with E-state index in [0.29, 0.717) is 5.69 Å². The van der Waals surface area contributed by atoms with E-state index in [0.717, 1.165) is 16.0 Å². The van der Waals surface area contributed by atoms with E-state index in [4.69, 9.17) is 11.6 Å². The van der Waals surface area contributed by atoms with Crippen LogP contribution in [0.1, 0.15) is 0 Å². The number of aromatic nitrogens is 1. The molecule has 0 unspecified atom stereocenters. The maximum atomic E-state index is 9.43. The van der Waals surface area contributed by atoms with E-state index < -0.39 is 0 Å². The zero-order chi connectivity index (χ0) is 9.26. The second kappa shape index (κ2) is 3.28. The highest BCUT2D eigenvalue weighted by Crippen LogP contribution is 2.24. The Hall–Kier alpha value is -1.19. The highest BCUT2D eigenvalue weighted by atomic mass is 35.5. The first-order valence-corrected chi connectivity index (χ1v) is 4.45. The Balaban J connectivity index is 2.60. The molecule has 0 aliphatic carbocycles. The molecular formula is C9H9ClN2O.